The molecule has 9 nitrogen and oxygen atoms in total. The molecule has 2 atom stereocenters. The first-order valence-corrected chi connectivity index (χ1v) is 12.5. The first-order valence-electron chi connectivity index (χ1n) is 12.2. The fourth-order valence-electron chi connectivity index (χ4n) is 4.88. The largest absolute Gasteiger partial charge is 0.364 e. The first-order chi connectivity index (χ1) is 19.2. The highest BCUT2D eigenvalue weighted by atomic mass is 35.5. The highest BCUT2D eigenvalue weighted by Crippen LogP contribution is 2.33. The Morgan fingerprint density at radius 2 is 1.82 bits per heavy atom. The average Bonchev–Trinajstić information content (AvgIpc) is 3.51. The van der Waals surface area contributed by atoms with Gasteiger partial charge in [-0.3, -0.25) is 19.1 Å². The van der Waals surface area contributed by atoms with Gasteiger partial charge in [-0.15, -0.1) is 0 Å². The average molecular weight is 563 g/mol. The number of primary amides is 1. The number of carbonyl (C=O) groups excluding carboxylic acids is 3. The number of nitriles is 1. The molecular formula is C28H21ClF2N6O3. The van der Waals surface area contributed by atoms with E-state index in [9.17, 15) is 24.0 Å². The summed E-state index contributed by atoms with van der Waals surface area (Å²) in [5.74, 6) is -3.04. The second-order valence-electron chi connectivity index (χ2n) is 9.22. The maximum Gasteiger partial charge on any atom is 0.269 e. The van der Waals surface area contributed by atoms with Gasteiger partial charge in [-0.05, 0) is 18.2 Å². The third-order valence-electron chi connectivity index (χ3n) is 6.70. The highest BCUT2D eigenvalue weighted by molar-refractivity contribution is 6.33. The van der Waals surface area contributed by atoms with Crippen molar-refractivity contribution in [1.82, 2.24) is 14.7 Å². The zero-order chi connectivity index (χ0) is 28.6. The number of fused-ring (bicyclic) bond motifs is 1. The van der Waals surface area contributed by atoms with Crippen LogP contribution in [0.2, 0.25) is 5.02 Å². The van der Waals surface area contributed by atoms with E-state index in [4.69, 9.17) is 17.3 Å². The molecule has 1 aliphatic rings. The van der Waals surface area contributed by atoms with E-state index in [-0.39, 0.29) is 46.4 Å². The molecule has 1 aliphatic heterocycles. The number of benzene rings is 3. The molecule has 5 rings (SSSR count). The molecule has 0 spiro atoms. The van der Waals surface area contributed by atoms with Crippen molar-refractivity contribution in [3.63, 3.8) is 0 Å². The number of anilines is 1. The molecular weight excluding hydrogens is 542 g/mol. The molecule has 0 unspecified atom stereocenters. The molecule has 1 fully saturated rings. The van der Waals surface area contributed by atoms with Crippen LogP contribution >= 0.6 is 11.6 Å². The van der Waals surface area contributed by atoms with Crippen LogP contribution in [0, 0.1) is 17.1 Å². The zero-order valence-electron chi connectivity index (χ0n) is 20.8. The highest BCUT2D eigenvalue weighted by Gasteiger charge is 2.40. The number of halogens is 3. The number of aromatic nitrogens is 2. The van der Waals surface area contributed by atoms with E-state index in [0.717, 1.165) is 9.58 Å². The summed E-state index contributed by atoms with van der Waals surface area (Å²) in [6.07, 6.45) is -1.79. The Hall–Kier alpha value is -4.82. The summed E-state index contributed by atoms with van der Waals surface area (Å²) in [6, 6.07) is 16.4. The lowest BCUT2D eigenvalue weighted by Crippen LogP contribution is -2.44. The van der Waals surface area contributed by atoms with Crippen molar-refractivity contribution in [1.29, 1.82) is 5.26 Å². The second-order valence-corrected chi connectivity index (χ2v) is 9.62. The van der Waals surface area contributed by atoms with Crippen molar-refractivity contribution in [3.05, 3.63) is 82.8 Å². The minimum atomic E-state index is -1.50. The van der Waals surface area contributed by atoms with Crippen molar-refractivity contribution >= 4 is 45.9 Å². The smallest absolute Gasteiger partial charge is 0.269 e. The standard InChI is InChI=1S/C28H21ClF2N6O3/c29-20-9-2-1-6-17(20)18-7-4-10-21(24(18)31)34-28(40)22-11-16(30)13-36(22)23(38)14-37-26-15(12-32)5-3-8-19(26)25(35-37)27(33)39/h1-10,16,22H,11,13-14H2,(H2,33,39)(H,34,40)/t16-,22+/m1/s1. The van der Waals surface area contributed by atoms with Gasteiger partial charge in [0.15, 0.2) is 11.5 Å². The summed E-state index contributed by atoms with van der Waals surface area (Å²) in [4.78, 5) is 39.5. The summed E-state index contributed by atoms with van der Waals surface area (Å²) >= 11 is 6.21. The van der Waals surface area contributed by atoms with E-state index in [0.29, 0.717) is 10.6 Å². The number of likely N-dealkylation sites (tertiary alicyclic amines) is 1. The van der Waals surface area contributed by atoms with Gasteiger partial charge in [-0.25, -0.2) is 8.78 Å². The predicted octanol–water partition coefficient (Wildman–Crippen LogP) is 4.04. The minimum absolute atomic E-state index is 0.132. The number of nitrogens with zero attached hydrogens (tertiary/aromatic N) is 4. The minimum Gasteiger partial charge on any atom is -0.364 e. The summed E-state index contributed by atoms with van der Waals surface area (Å²) in [5.41, 5.74) is 6.09. The Kier molecular flexibility index (Phi) is 7.19. The quantitative estimate of drug-likeness (QED) is 0.366. The van der Waals surface area contributed by atoms with Crippen LogP contribution in [0.3, 0.4) is 0 Å². The van der Waals surface area contributed by atoms with E-state index in [1.807, 2.05) is 6.07 Å². The van der Waals surface area contributed by atoms with Crippen molar-refractivity contribution in [2.24, 2.45) is 5.73 Å². The normalized spacial score (nSPS) is 16.6. The number of para-hydroxylation sites is 1. The Bertz CT molecular complexity index is 1720. The second kappa shape index (κ2) is 10.7. The van der Waals surface area contributed by atoms with Crippen LogP contribution in [0.15, 0.2) is 60.7 Å². The molecule has 3 amide bonds. The van der Waals surface area contributed by atoms with Crippen molar-refractivity contribution in [3.8, 4) is 17.2 Å². The number of hydrogen-bond donors (Lipinski definition) is 2. The monoisotopic (exact) mass is 562 g/mol. The van der Waals surface area contributed by atoms with E-state index >= 15 is 4.39 Å². The van der Waals surface area contributed by atoms with Gasteiger partial charge in [0, 0.05) is 28.0 Å². The lowest BCUT2D eigenvalue weighted by Gasteiger charge is -2.24. The third-order valence-corrected chi connectivity index (χ3v) is 7.03. The van der Waals surface area contributed by atoms with Gasteiger partial charge >= 0.3 is 0 Å². The van der Waals surface area contributed by atoms with Crippen molar-refractivity contribution in [2.75, 3.05) is 11.9 Å². The molecule has 3 N–H and O–H groups in total. The molecule has 3 aromatic carbocycles. The van der Waals surface area contributed by atoms with Crippen LogP contribution in [-0.2, 0) is 16.1 Å². The van der Waals surface area contributed by atoms with E-state index in [1.54, 1.807) is 42.5 Å². The van der Waals surface area contributed by atoms with Crippen LogP contribution in [-0.4, -0.2) is 51.2 Å². The number of alkyl halides is 1. The lowest BCUT2D eigenvalue weighted by atomic mass is 10.0. The molecule has 0 bridgehead atoms. The maximum atomic E-state index is 15.4. The molecule has 202 valence electrons. The van der Waals surface area contributed by atoms with Crippen LogP contribution in [0.25, 0.3) is 22.0 Å². The Morgan fingerprint density at radius 1 is 1.10 bits per heavy atom. The number of amides is 3. The van der Waals surface area contributed by atoms with Gasteiger partial charge in [-0.2, -0.15) is 10.4 Å². The van der Waals surface area contributed by atoms with E-state index in [2.05, 4.69) is 10.4 Å². The van der Waals surface area contributed by atoms with E-state index < -0.39 is 42.3 Å². The fourth-order valence-corrected chi connectivity index (χ4v) is 5.12. The Labute approximate surface area is 231 Å². The zero-order valence-corrected chi connectivity index (χ0v) is 21.5. The summed E-state index contributed by atoms with van der Waals surface area (Å²) in [6.45, 7) is -0.860. The van der Waals surface area contributed by atoms with Gasteiger partial charge in [0.1, 0.15) is 24.8 Å². The van der Waals surface area contributed by atoms with Crippen molar-refractivity contribution < 1.29 is 23.2 Å². The molecule has 1 aromatic heterocycles. The maximum absolute atomic E-state index is 15.4. The predicted molar refractivity (Wildman–Crippen MR) is 143 cm³/mol. The topological polar surface area (TPSA) is 134 Å². The number of rotatable bonds is 6. The van der Waals surface area contributed by atoms with Crippen molar-refractivity contribution in [2.45, 2.75) is 25.2 Å². The summed E-state index contributed by atoms with van der Waals surface area (Å²) in [5, 5.41) is 16.7. The van der Waals surface area contributed by atoms with Gasteiger partial charge in [0.2, 0.25) is 11.8 Å². The summed E-state index contributed by atoms with van der Waals surface area (Å²) < 4.78 is 31.1. The molecule has 2 heterocycles. The fraction of sp³-hybridized carbons (Fsp3) is 0.179. The van der Waals surface area contributed by atoms with Crippen LogP contribution < -0.4 is 11.1 Å². The van der Waals surface area contributed by atoms with Crippen LogP contribution in [0.1, 0.15) is 22.5 Å². The Morgan fingerprint density at radius 3 is 2.55 bits per heavy atom. The molecule has 0 aliphatic carbocycles. The molecule has 1 saturated heterocycles. The van der Waals surface area contributed by atoms with Gasteiger partial charge in [-0.1, -0.05) is 54.1 Å². The number of nitrogens with one attached hydrogen (secondary N) is 1. The SMILES string of the molecule is N#Cc1cccc2c(C(N)=O)nn(CC(=O)N3C[C@H](F)C[C@H]3C(=O)Nc3cccc(-c4ccccc4Cl)c3F)c12. The lowest BCUT2D eigenvalue weighted by molar-refractivity contribution is -0.137. The van der Waals surface area contributed by atoms with Gasteiger partial charge in [0.25, 0.3) is 5.91 Å². The number of nitrogens with two attached hydrogens (primary N) is 1. The molecule has 12 heteroatoms. The Balaban J connectivity index is 1.41. The third kappa shape index (κ3) is 4.85. The molecule has 4 aromatic rings. The number of carbonyl (C=O) groups is 3. The number of hydrogen-bond acceptors (Lipinski definition) is 5. The van der Waals surface area contributed by atoms with Crippen LogP contribution in [0.4, 0.5) is 14.5 Å². The molecule has 40 heavy (non-hydrogen) atoms. The van der Waals surface area contributed by atoms with Crippen LogP contribution in [0.5, 0.6) is 0 Å². The molecule has 0 radical (unpaired) electrons. The van der Waals surface area contributed by atoms with Gasteiger partial charge in [0.05, 0.1) is 23.3 Å². The van der Waals surface area contributed by atoms with E-state index in [1.165, 1.54) is 18.2 Å². The first kappa shape index (κ1) is 26.8. The van der Waals surface area contributed by atoms with Gasteiger partial charge < -0.3 is 16.0 Å². The molecule has 0 saturated carbocycles. The summed E-state index contributed by atoms with van der Waals surface area (Å²) in [7, 11) is 0.